The first-order valence-electron chi connectivity index (χ1n) is 13.3. The molecular weight excluding hydrogens is 602 g/mol. The fraction of sp³-hybridized carbons (Fsp3) is 0.462. The molecule has 0 unspecified atom stereocenters. The van der Waals surface area contributed by atoms with E-state index < -0.39 is 58.7 Å². The average Bonchev–Trinajstić information content (AvgIpc) is 3.40. The van der Waals surface area contributed by atoms with Gasteiger partial charge in [-0.3, -0.25) is 14.4 Å². The Kier molecular flexibility index (Phi) is 9.48. The van der Waals surface area contributed by atoms with E-state index in [0.717, 1.165) is 6.20 Å². The number of hydrogen-bond acceptors (Lipinski definition) is 9. The van der Waals surface area contributed by atoms with E-state index in [1.807, 2.05) is 0 Å². The number of esters is 1. The maximum Gasteiger partial charge on any atom is 0.423 e. The molecule has 238 valence electrons. The predicted octanol–water partition coefficient (Wildman–Crippen LogP) is 3.18. The molecule has 3 aromatic heterocycles. The molecule has 2 N–H and O–H groups in total. The Balaban J connectivity index is 1.47. The quantitative estimate of drug-likeness (QED) is 0.270. The third-order valence-corrected chi connectivity index (χ3v) is 6.72. The van der Waals surface area contributed by atoms with Gasteiger partial charge in [-0.05, 0) is 19.9 Å². The number of nitrogens with one attached hydrogen (secondary N) is 2. The Morgan fingerprint density at radius 2 is 1.82 bits per heavy atom. The van der Waals surface area contributed by atoms with Gasteiger partial charge >= 0.3 is 18.3 Å². The summed E-state index contributed by atoms with van der Waals surface area (Å²) in [7, 11) is 0. The lowest BCUT2D eigenvalue weighted by molar-refractivity contribution is -0.144. The van der Waals surface area contributed by atoms with Gasteiger partial charge in [-0.25, -0.2) is 15.1 Å². The lowest BCUT2D eigenvalue weighted by Gasteiger charge is -2.41. The molecule has 1 amide bonds. The van der Waals surface area contributed by atoms with Crippen molar-refractivity contribution in [2.75, 3.05) is 36.5 Å². The van der Waals surface area contributed by atoms with Crippen molar-refractivity contribution in [2.45, 2.75) is 51.2 Å². The van der Waals surface area contributed by atoms with Crippen molar-refractivity contribution < 1.29 is 40.7 Å². The molecule has 44 heavy (non-hydrogen) atoms. The number of alkyl halides is 6. The molecule has 0 saturated carbocycles. The Morgan fingerprint density at radius 3 is 2.45 bits per heavy atom. The van der Waals surface area contributed by atoms with Crippen molar-refractivity contribution in [1.82, 2.24) is 29.6 Å². The number of carbonyl (C=O) groups is 2. The summed E-state index contributed by atoms with van der Waals surface area (Å²) in [4.78, 5) is 48.3. The number of aromatic amines is 1. The van der Waals surface area contributed by atoms with Crippen molar-refractivity contribution >= 4 is 23.5 Å². The van der Waals surface area contributed by atoms with E-state index in [1.54, 1.807) is 34.6 Å². The first-order chi connectivity index (χ1) is 20.7. The minimum Gasteiger partial charge on any atom is -0.466 e. The molecule has 0 spiro atoms. The van der Waals surface area contributed by atoms with E-state index in [4.69, 9.17) is 4.74 Å². The average molecular weight is 631 g/mol. The molecule has 2 atom stereocenters. The molecule has 0 bridgehead atoms. The van der Waals surface area contributed by atoms with Gasteiger partial charge in [0, 0.05) is 57.0 Å². The Labute approximate surface area is 246 Å². The van der Waals surface area contributed by atoms with Gasteiger partial charge in [-0.2, -0.15) is 31.4 Å². The lowest BCUT2D eigenvalue weighted by atomic mass is 10.1. The van der Waals surface area contributed by atoms with Crippen molar-refractivity contribution in [3.8, 4) is 0 Å². The van der Waals surface area contributed by atoms with Gasteiger partial charge in [0.15, 0.2) is 0 Å². The van der Waals surface area contributed by atoms with Crippen LogP contribution in [-0.4, -0.2) is 79.8 Å². The molecule has 0 radical (unpaired) electrons. The highest BCUT2D eigenvalue weighted by molar-refractivity contribution is 5.94. The Morgan fingerprint density at radius 1 is 1.11 bits per heavy atom. The number of amides is 1. The molecule has 4 heterocycles. The summed E-state index contributed by atoms with van der Waals surface area (Å²) in [6, 6.07) is 0.158. The largest absolute Gasteiger partial charge is 0.466 e. The highest BCUT2D eigenvalue weighted by atomic mass is 19.4. The molecular formula is C26H28F6N8O4. The molecule has 3 aromatic rings. The number of anilines is 2. The van der Waals surface area contributed by atoms with Crippen LogP contribution in [0.4, 0.5) is 38.0 Å². The van der Waals surface area contributed by atoms with Gasteiger partial charge in [0.25, 0.3) is 11.5 Å². The van der Waals surface area contributed by atoms with E-state index in [9.17, 15) is 40.7 Å². The summed E-state index contributed by atoms with van der Waals surface area (Å²) in [6.45, 7) is 3.74. The second-order valence-corrected chi connectivity index (χ2v) is 10.0. The van der Waals surface area contributed by atoms with Crippen molar-refractivity contribution in [1.29, 1.82) is 0 Å². The van der Waals surface area contributed by atoms with Gasteiger partial charge in [-0.1, -0.05) is 0 Å². The molecule has 1 saturated heterocycles. The number of ether oxygens (including phenoxy) is 1. The molecule has 1 aliphatic heterocycles. The highest BCUT2D eigenvalue weighted by Gasteiger charge is 2.38. The number of H-pyrrole nitrogens is 1. The van der Waals surface area contributed by atoms with Crippen LogP contribution >= 0.6 is 0 Å². The van der Waals surface area contributed by atoms with Crippen LogP contribution in [0.1, 0.15) is 41.8 Å². The normalized spacial score (nSPS) is 16.5. The van der Waals surface area contributed by atoms with Crippen LogP contribution in [0, 0.1) is 0 Å². The first kappa shape index (κ1) is 32.3. The second kappa shape index (κ2) is 12.9. The zero-order valence-corrected chi connectivity index (χ0v) is 23.4. The van der Waals surface area contributed by atoms with Crippen molar-refractivity contribution in [3.05, 3.63) is 64.1 Å². The molecule has 0 aromatic carbocycles. The van der Waals surface area contributed by atoms with E-state index in [1.165, 1.54) is 17.2 Å². The number of nitrogens with zero attached hydrogens (tertiary/aromatic N) is 6. The molecule has 18 heteroatoms. The SMILES string of the molecule is CCOC(=O)C[C@H]1CN(c2ncc(C(F)(F)F)cn2)CCN1C(=O)c1ccn(C[C@H](C)Nc2cn[nH]c(=O)c2C(F)(F)F)c1. The first-order valence-corrected chi connectivity index (χ1v) is 13.3. The van der Waals surface area contributed by atoms with Crippen molar-refractivity contribution in [2.24, 2.45) is 0 Å². The third-order valence-electron chi connectivity index (χ3n) is 6.72. The molecule has 12 nitrogen and oxygen atoms in total. The Hall–Kier alpha value is -4.64. The number of rotatable bonds is 9. The minimum atomic E-state index is -4.91. The topological polar surface area (TPSA) is 138 Å². The third kappa shape index (κ3) is 7.65. The smallest absolute Gasteiger partial charge is 0.423 e. The summed E-state index contributed by atoms with van der Waals surface area (Å²) >= 11 is 0. The molecule has 4 rings (SSSR count). The standard InChI is InChI=1S/C26H28F6N8O4/c1-3-44-20(41)8-18-14-39(24-33-9-17(10-34-24)25(27,28)29)6-7-40(18)23(43)16-4-5-38(13-16)12-15(2)36-19-11-35-37-22(42)21(19)26(30,31)32/h4-5,9-11,13,15,18H,3,6-8,12,14H2,1-2H3,(H2,36,37,42)/t15-,18-/m0/s1. The van der Waals surface area contributed by atoms with Crippen LogP contribution in [0.15, 0.2) is 41.8 Å². The van der Waals surface area contributed by atoms with Crippen LogP contribution in [0.5, 0.6) is 0 Å². The lowest BCUT2D eigenvalue weighted by Crippen LogP contribution is -2.56. The number of aromatic nitrogens is 5. The van der Waals surface area contributed by atoms with E-state index in [-0.39, 0.29) is 50.7 Å². The van der Waals surface area contributed by atoms with Gasteiger partial charge in [0.1, 0.15) is 5.56 Å². The zero-order chi connectivity index (χ0) is 32.2. The number of halogens is 6. The second-order valence-electron chi connectivity index (χ2n) is 10.0. The van der Waals surface area contributed by atoms with E-state index >= 15 is 0 Å². The number of piperazine rings is 1. The van der Waals surface area contributed by atoms with Crippen LogP contribution in [0.2, 0.25) is 0 Å². The Bertz CT molecular complexity index is 1520. The molecule has 0 aliphatic carbocycles. The van der Waals surface area contributed by atoms with Crippen LogP contribution in [0.3, 0.4) is 0 Å². The maximum atomic E-state index is 13.5. The monoisotopic (exact) mass is 630 g/mol. The van der Waals surface area contributed by atoms with Crippen LogP contribution < -0.4 is 15.8 Å². The minimum absolute atomic E-state index is 0.0101. The summed E-state index contributed by atoms with van der Waals surface area (Å²) in [6.07, 6.45) is -4.47. The summed E-state index contributed by atoms with van der Waals surface area (Å²) in [5, 5.41) is 7.83. The molecule has 1 fully saturated rings. The van der Waals surface area contributed by atoms with Crippen LogP contribution in [0.25, 0.3) is 0 Å². The van der Waals surface area contributed by atoms with Crippen molar-refractivity contribution in [3.63, 3.8) is 0 Å². The summed E-state index contributed by atoms with van der Waals surface area (Å²) < 4.78 is 85.5. The fourth-order valence-corrected chi connectivity index (χ4v) is 4.79. The number of carbonyl (C=O) groups excluding carboxylic acids is 2. The van der Waals surface area contributed by atoms with Crippen LogP contribution in [-0.2, 0) is 28.4 Å². The zero-order valence-electron chi connectivity index (χ0n) is 23.4. The molecule has 1 aliphatic rings. The fourth-order valence-electron chi connectivity index (χ4n) is 4.79. The summed E-state index contributed by atoms with van der Waals surface area (Å²) in [5.41, 5.74) is -4.06. The highest BCUT2D eigenvalue weighted by Crippen LogP contribution is 2.32. The van der Waals surface area contributed by atoms with E-state index in [0.29, 0.717) is 12.4 Å². The maximum absolute atomic E-state index is 13.5. The van der Waals surface area contributed by atoms with Gasteiger partial charge in [0.2, 0.25) is 5.95 Å². The van der Waals surface area contributed by atoms with E-state index in [2.05, 4.69) is 20.4 Å². The van der Waals surface area contributed by atoms with Gasteiger partial charge in [0.05, 0.1) is 42.1 Å². The summed E-state index contributed by atoms with van der Waals surface area (Å²) in [5.74, 6) is -1.00. The van der Waals surface area contributed by atoms with Gasteiger partial charge < -0.3 is 24.4 Å². The van der Waals surface area contributed by atoms with Gasteiger partial charge in [-0.15, -0.1) is 0 Å². The predicted molar refractivity (Wildman–Crippen MR) is 143 cm³/mol. The number of hydrogen-bond donors (Lipinski definition) is 2.